The number of ether oxygens (including phenoxy) is 1. The van der Waals surface area contributed by atoms with Crippen LogP contribution in [0, 0.1) is 0 Å². The van der Waals surface area contributed by atoms with E-state index in [4.69, 9.17) is 4.74 Å². The second kappa shape index (κ2) is 2.33. The smallest absolute Gasteiger partial charge is 0.332 e. The van der Waals surface area contributed by atoms with Crippen LogP contribution in [0.3, 0.4) is 0 Å². The summed E-state index contributed by atoms with van der Waals surface area (Å²) in [6.07, 6.45) is 3.00. The van der Waals surface area contributed by atoms with Crippen LogP contribution in [-0.4, -0.2) is 18.1 Å². The number of cyclic esters (lactones) is 1. The molecule has 0 spiro atoms. The zero-order chi connectivity index (χ0) is 7.61. The van der Waals surface area contributed by atoms with Gasteiger partial charge in [0.15, 0.2) is 0 Å². The molecule has 0 aromatic heterocycles. The second-order valence-electron chi connectivity index (χ2n) is 2.97. The average molecular weight is 141 g/mol. The van der Waals surface area contributed by atoms with Gasteiger partial charge in [-0.2, -0.15) is 0 Å². The van der Waals surface area contributed by atoms with Crippen molar-refractivity contribution in [3.8, 4) is 0 Å². The Kier molecular flexibility index (Phi) is 1.66. The first-order valence-electron chi connectivity index (χ1n) is 3.21. The lowest BCUT2D eigenvalue weighted by atomic mass is 10.1. The van der Waals surface area contributed by atoms with Crippen molar-refractivity contribution in [1.82, 2.24) is 5.32 Å². The second-order valence-corrected chi connectivity index (χ2v) is 2.97. The lowest BCUT2D eigenvalue weighted by Crippen LogP contribution is -2.39. The molecule has 1 heterocycles. The van der Waals surface area contributed by atoms with E-state index in [0.717, 1.165) is 0 Å². The maximum atomic E-state index is 10.6. The summed E-state index contributed by atoms with van der Waals surface area (Å²) in [6.45, 7) is 4.35. The van der Waals surface area contributed by atoms with Crippen molar-refractivity contribution in [1.29, 1.82) is 0 Å². The van der Waals surface area contributed by atoms with Gasteiger partial charge in [0, 0.05) is 12.3 Å². The zero-order valence-corrected chi connectivity index (χ0v) is 6.18. The maximum Gasteiger partial charge on any atom is 0.332 e. The number of hydrogen-bond acceptors (Lipinski definition) is 3. The largest absolute Gasteiger partial charge is 0.460 e. The van der Waals surface area contributed by atoms with Gasteiger partial charge in [-0.05, 0) is 13.8 Å². The van der Waals surface area contributed by atoms with Gasteiger partial charge in [0.25, 0.3) is 0 Å². The molecule has 0 unspecified atom stereocenters. The van der Waals surface area contributed by atoms with E-state index in [1.807, 2.05) is 13.8 Å². The van der Waals surface area contributed by atoms with Crippen LogP contribution in [0.1, 0.15) is 13.8 Å². The number of nitrogens with one attached hydrogen (secondary N) is 1. The molecule has 0 saturated carbocycles. The highest BCUT2D eigenvalue weighted by Crippen LogP contribution is 2.05. The summed E-state index contributed by atoms with van der Waals surface area (Å²) in [6, 6.07) is 0. The van der Waals surface area contributed by atoms with Gasteiger partial charge in [0.1, 0.15) is 6.61 Å². The van der Waals surface area contributed by atoms with Gasteiger partial charge in [0.2, 0.25) is 0 Å². The lowest BCUT2D eigenvalue weighted by Gasteiger charge is -2.21. The number of hydrogen-bond donors (Lipinski definition) is 1. The quantitative estimate of drug-likeness (QED) is 0.497. The zero-order valence-electron chi connectivity index (χ0n) is 6.18. The Morgan fingerprint density at radius 1 is 1.70 bits per heavy atom. The maximum absolute atomic E-state index is 10.6. The molecule has 10 heavy (non-hydrogen) atoms. The Labute approximate surface area is 60.1 Å². The molecule has 0 fully saturated rings. The van der Waals surface area contributed by atoms with Crippen LogP contribution in [0.25, 0.3) is 0 Å². The minimum absolute atomic E-state index is 0.136. The predicted molar refractivity (Wildman–Crippen MR) is 37.3 cm³/mol. The SMILES string of the molecule is CC1(C)COC(=O)C=CN1. The van der Waals surface area contributed by atoms with E-state index in [1.54, 1.807) is 6.20 Å². The van der Waals surface area contributed by atoms with Crippen molar-refractivity contribution < 1.29 is 9.53 Å². The van der Waals surface area contributed by atoms with Crippen molar-refractivity contribution in [3.05, 3.63) is 12.3 Å². The molecule has 3 heteroatoms. The molecule has 1 aliphatic rings. The van der Waals surface area contributed by atoms with Crippen LogP contribution in [0.2, 0.25) is 0 Å². The first kappa shape index (κ1) is 7.12. The van der Waals surface area contributed by atoms with E-state index < -0.39 is 0 Å². The summed E-state index contributed by atoms with van der Waals surface area (Å²) in [5.74, 6) is -0.280. The third-order valence-corrected chi connectivity index (χ3v) is 1.27. The van der Waals surface area contributed by atoms with Gasteiger partial charge in [-0.15, -0.1) is 0 Å². The summed E-state index contributed by atoms with van der Waals surface area (Å²) in [5.41, 5.74) is -0.136. The fourth-order valence-corrected chi connectivity index (χ4v) is 0.677. The van der Waals surface area contributed by atoms with Crippen molar-refractivity contribution in [3.63, 3.8) is 0 Å². The minimum Gasteiger partial charge on any atom is -0.460 e. The van der Waals surface area contributed by atoms with Crippen LogP contribution < -0.4 is 5.32 Å². The van der Waals surface area contributed by atoms with Crippen LogP contribution in [0.15, 0.2) is 12.3 Å². The van der Waals surface area contributed by atoms with Gasteiger partial charge in [-0.25, -0.2) is 4.79 Å². The van der Waals surface area contributed by atoms with Crippen LogP contribution in [0.5, 0.6) is 0 Å². The standard InChI is InChI=1S/C7H11NO2/c1-7(2)5-10-6(9)3-4-8-7/h3-4,8H,5H2,1-2H3. The molecular weight excluding hydrogens is 130 g/mol. The van der Waals surface area contributed by atoms with Crippen molar-refractivity contribution in [2.75, 3.05) is 6.61 Å². The number of rotatable bonds is 0. The van der Waals surface area contributed by atoms with E-state index in [2.05, 4.69) is 5.32 Å². The highest BCUT2D eigenvalue weighted by Gasteiger charge is 2.19. The molecule has 0 atom stereocenters. The van der Waals surface area contributed by atoms with Gasteiger partial charge < -0.3 is 10.1 Å². The van der Waals surface area contributed by atoms with Gasteiger partial charge in [-0.3, -0.25) is 0 Å². The van der Waals surface area contributed by atoms with Crippen molar-refractivity contribution in [2.45, 2.75) is 19.4 Å². The fraction of sp³-hybridized carbons (Fsp3) is 0.571. The fourth-order valence-electron chi connectivity index (χ4n) is 0.677. The molecular formula is C7H11NO2. The molecule has 0 amide bonds. The first-order valence-corrected chi connectivity index (χ1v) is 3.21. The Balaban J connectivity index is 2.61. The minimum atomic E-state index is -0.280. The summed E-state index contributed by atoms with van der Waals surface area (Å²) >= 11 is 0. The topological polar surface area (TPSA) is 38.3 Å². The molecule has 1 aliphatic heterocycles. The molecule has 56 valence electrons. The van der Waals surface area contributed by atoms with Crippen LogP contribution >= 0.6 is 0 Å². The summed E-state index contributed by atoms with van der Waals surface area (Å²) in [4.78, 5) is 10.6. The van der Waals surface area contributed by atoms with Crippen molar-refractivity contribution in [2.24, 2.45) is 0 Å². The van der Waals surface area contributed by atoms with E-state index >= 15 is 0 Å². The molecule has 0 radical (unpaired) electrons. The molecule has 0 aromatic rings. The molecule has 0 aromatic carbocycles. The van der Waals surface area contributed by atoms with Crippen LogP contribution in [0.4, 0.5) is 0 Å². The normalized spacial score (nSPS) is 22.8. The molecule has 0 saturated heterocycles. The number of esters is 1. The molecule has 0 aliphatic carbocycles. The lowest BCUT2D eigenvalue weighted by molar-refractivity contribution is -0.138. The van der Waals surface area contributed by atoms with Gasteiger partial charge in [-0.1, -0.05) is 0 Å². The predicted octanol–water partition coefficient (Wildman–Crippen LogP) is 0.425. The number of carbonyl (C=O) groups excluding carboxylic acids is 1. The van der Waals surface area contributed by atoms with E-state index in [0.29, 0.717) is 6.61 Å². The highest BCUT2D eigenvalue weighted by molar-refractivity contribution is 5.82. The third-order valence-electron chi connectivity index (χ3n) is 1.27. The van der Waals surface area contributed by atoms with E-state index in [1.165, 1.54) is 6.08 Å². The Morgan fingerprint density at radius 3 is 3.10 bits per heavy atom. The molecule has 1 rings (SSSR count). The van der Waals surface area contributed by atoms with Gasteiger partial charge >= 0.3 is 5.97 Å². The van der Waals surface area contributed by atoms with Gasteiger partial charge in [0.05, 0.1) is 5.54 Å². The summed E-state index contributed by atoms with van der Waals surface area (Å²) < 4.78 is 4.83. The van der Waals surface area contributed by atoms with E-state index in [-0.39, 0.29) is 11.5 Å². The molecule has 1 N–H and O–H groups in total. The molecule has 3 nitrogen and oxygen atoms in total. The summed E-state index contributed by atoms with van der Waals surface area (Å²) in [5, 5.41) is 3.02. The Morgan fingerprint density at radius 2 is 2.40 bits per heavy atom. The monoisotopic (exact) mass is 141 g/mol. The summed E-state index contributed by atoms with van der Waals surface area (Å²) in [7, 11) is 0. The number of carbonyl (C=O) groups is 1. The van der Waals surface area contributed by atoms with E-state index in [9.17, 15) is 4.79 Å². The Bertz CT molecular complexity index is 172. The Hall–Kier alpha value is -0.990. The first-order chi connectivity index (χ1) is 4.60. The average Bonchev–Trinajstić information content (AvgIpc) is 1.94. The highest BCUT2D eigenvalue weighted by atomic mass is 16.5. The van der Waals surface area contributed by atoms with Crippen LogP contribution in [-0.2, 0) is 9.53 Å². The van der Waals surface area contributed by atoms with Crippen molar-refractivity contribution >= 4 is 5.97 Å². The third kappa shape index (κ3) is 1.76. The molecule has 0 bridgehead atoms.